The minimum absolute atomic E-state index is 0.0339. The van der Waals surface area contributed by atoms with Gasteiger partial charge in [-0.05, 0) is 24.5 Å². The summed E-state index contributed by atoms with van der Waals surface area (Å²) < 4.78 is 0. The van der Waals surface area contributed by atoms with Crippen LogP contribution >= 0.6 is 11.6 Å². The first-order valence-electron chi connectivity index (χ1n) is 7.25. The highest BCUT2D eigenvalue weighted by Gasteiger charge is 2.11. The lowest BCUT2D eigenvalue weighted by Gasteiger charge is -1.99. The van der Waals surface area contributed by atoms with Crippen LogP contribution in [0, 0.1) is 10.1 Å². The first-order chi connectivity index (χ1) is 9.65. The number of nitrogens with zero attached hydrogens (tertiary/aromatic N) is 1. The van der Waals surface area contributed by atoms with Gasteiger partial charge in [0.1, 0.15) is 5.02 Å². The molecule has 0 N–H and O–H groups in total. The Morgan fingerprint density at radius 2 is 1.90 bits per heavy atom. The minimum Gasteiger partial charge on any atom is -0.258 e. The lowest BCUT2D eigenvalue weighted by Crippen LogP contribution is -1.89. The Bertz CT molecular complexity index is 458. The zero-order chi connectivity index (χ0) is 14.8. The number of halogens is 1. The van der Waals surface area contributed by atoms with Crippen LogP contribution in [-0.2, 0) is 0 Å². The summed E-state index contributed by atoms with van der Waals surface area (Å²) in [5, 5.41) is 11.0. The number of unbranched alkanes of at least 4 members (excludes halogenated alkanes) is 6. The zero-order valence-corrected chi connectivity index (χ0v) is 12.7. The highest BCUT2D eigenvalue weighted by molar-refractivity contribution is 6.32. The van der Waals surface area contributed by atoms with E-state index in [1.165, 1.54) is 44.6 Å². The van der Waals surface area contributed by atoms with E-state index in [2.05, 4.69) is 13.0 Å². The third-order valence-electron chi connectivity index (χ3n) is 3.20. The molecule has 0 bridgehead atoms. The summed E-state index contributed by atoms with van der Waals surface area (Å²) in [5.41, 5.74) is 0.792. The van der Waals surface area contributed by atoms with E-state index in [0.717, 1.165) is 12.0 Å². The summed E-state index contributed by atoms with van der Waals surface area (Å²) in [5.74, 6) is 0. The van der Waals surface area contributed by atoms with Gasteiger partial charge in [-0.15, -0.1) is 0 Å². The molecule has 3 nitrogen and oxygen atoms in total. The van der Waals surface area contributed by atoms with Gasteiger partial charge < -0.3 is 0 Å². The van der Waals surface area contributed by atoms with Gasteiger partial charge >= 0.3 is 0 Å². The molecule has 0 aliphatic heterocycles. The Hall–Kier alpha value is -1.35. The second-order valence-electron chi connectivity index (χ2n) is 4.93. The summed E-state index contributed by atoms with van der Waals surface area (Å²) >= 11 is 5.77. The van der Waals surface area contributed by atoms with Gasteiger partial charge in [0.25, 0.3) is 5.69 Å². The second kappa shape index (κ2) is 9.54. The summed E-state index contributed by atoms with van der Waals surface area (Å²) in [7, 11) is 0. The summed E-state index contributed by atoms with van der Waals surface area (Å²) in [4.78, 5) is 10.3. The number of nitro benzene ring substituents is 1. The van der Waals surface area contributed by atoms with Crippen LogP contribution in [0.15, 0.2) is 24.3 Å². The first-order valence-corrected chi connectivity index (χ1v) is 7.63. The smallest absolute Gasteiger partial charge is 0.258 e. The summed E-state index contributed by atoms with van der Waals surface area (Å²) in [6.45, 7) is 2.22. The summed E-state index contributed by atoms with van der Waals surface area (Å²) in [6.07, 6.45) is 12.7. The van der Waals surface area contributed by atoms with Crippen molar-refractivity contribution < 1.29 is 4.92 Å². The SMILES string of the molecule is CCCCCCCCC=Cc1ccc(Cl)c([N+](=O)[O-])c1. The van der Waals surface area contributed by atoms with Crippen molar-refractivity contribution >= 4 is 23.4 Å². The normalized spacial score (nSPS) is 11.1. The number of rotatable bonds is 9. The van der Waals surface area contributed by atoms with E-state index in [1.54, 1.807) is 12.1 Å². The van der Waals surface area contributed by atoms with E-state index in [1.807, 2.05) is 6.08 Å². The van der Waals surface area contributed by atoms with Gasteiger partial charge in [-0.3, -0.25) is 10.1 Å². The average molecular weight is 296 g/mol. The van der Waals surface area contributed by atoms with Crippen LogP contribution in [0.3, 0.4) is 0 Å². The van der Waals surface area contributed by atoms with Crippen LogP contribution in [0.1, 0.15) is 57.4 Å². The fourth-order valence-electron chi connectivity index (χ4n) is 2.04. The van der Waals surface area contributed by atoms with Crippen LogP contribution in [0.5, 0.6) is 0 Å². The van der Waals surface area contributed by atoms with E-state index in [-0.39, 0.29) is 10.7 Å². The lowest BCUT2D eigenvalue weighted by molar-refractivity contribution is -0.384. The van der Waals surface area contributed by atoms with Gasteiger partial charge in [0.15, 0.2) is 0 Å². The van der Waals surface area contributed by atoms with E-state index < -0.39 is 4.92 Å². The molecule has 110 valence electrons. The van der Waals surface area contributed by atoms with Crippen molar-refractivity contribution in [3.8, 4) is 0 Å². The molecule has 0 spiro atoms. The minimum atomic E-state index is -0.451. The molecule has 1 rings (SSSR count). The average Bonchev–Trinajstić information content (AvgIpc) is 2.43. The van der Waals surface area contributed by atoms with Crippen molar-refractivity contribution in [3.63, 3.8) is 0 Å². The Morgan fingerprint density at radius 3 is 2.60 bits per heavy atom. The number of allylic oxidation sites excluding steroid dienone is 1. The molecule has 0 saturated heterocycles. The molecule has 1 aromatic carbocycles. The Balaban J connectivity index is 2.35. The fourth-order valence-corrected chi connectivity index (χ4v) is 2.22. The number of hydrogen-bond donors (Lipinski definition) is 0. The monoisotopic (exact) mass is 295 g/mol. The third-order valence-corrected chi connectivity index (χ3v) is 3.52. The van der Waals surface area contributed by atoms with Crippen molar-refractivity contribution in [2.75, 3.05) is 0 Å². The van der Waals surface area contributed by atoms with E-state index >= 15 is 0 Å². The van der Waals surface area contributed by atoms with Crippen LogP contribution in [0.25, 0.3) is 6.08 Å². The molecule has 20 heavy (non-hydrogen) atoms. The largest absolute Gasteiger partial charge is 0.288 e. The Labute approximate surface area is 125 Å². The van der Waals surface area contributed by atoms with Gasteiger partial charge in [0.05, 0.1) is 4.92 Å². The van der Waals surface area contributed by atoms with E-state index in [4.69, 9.17) is 11.6 Å². The van der Waals surface area contributed by atoms with Crippen LogP contribution in [-0.4, -0.2) is 4.92 Å². The molecular weight excluding hydrogens is 274 g/mol. The van der Waals surface area contributed by atoms with Gasteiger partial charge in [0.2, 0.25) is 0 Å². The molecule has 0 atom stereocenters. The first kappa shape index (κ1) is 16.7. The second-order valence-corrected chi connectivity index (χ2v) is 5.33. The molecule has 0 heterocycles. The van der Waals surface area contributed by atoms with Crippen molar-refractivity contribution in [2.24, 2.45) is 0 Å². The maximum atomic E-state index is 10.8. The Kier molecular flexibility index (Phi) is 7.97. The third kappa shape index (κ3) is 6.20. The van der Waals surface area contributed by atoms with Crippen LogP contribution in [0.2, 0.25) is 5.02 Å². The van der Waals surface area contributed by atoms with Crippen LogP contribution in [0.4, 0.5) is 5.69 Å². The number of benzene rings is 1. The molecular formula is C16H22ClNO2. The van der Waals surface area contributed by atoms with E-state index in [9.17, 15) is 10.1 Å². The molecule has 0 amide bonds. The fraction of sp³-hybridized carbons (Fsp3) is 0.500. The molecule has 4 heteroatoms. The van der Waals surface area contributed by atoms with Gasteiger partial charge in [-0.1, -0.05) is 68.8 Å². The van der Waals surface area contributed by atoms with E-state index in [0.29, 0.717) is 0 Å². The Morgan fingerprint density at radius 1 is 1.20 bits per heavy atom. The molecule has 0 aliphatic rings. The standard InChI is InChI=1S/C16H22ClNO2/c1-2-3-4-5-6-7-8-9-10-14-11-12-15(17)16(13-14)18(19)20/h9-13H,2-8H2,1H3. The highest BCUT2D eigenvalue weighted by Crippen LogP contribution is 2.25. The highest BCUT2D eigenvalue weighted by atomic mass is 35.5. The van der Waals surface area contributed by atoms with Gasteiger partial charge in [-0.25, -0.2) is 0 Å². The molecule has 0 saturated carbocycles. The number of nitro groups is 1. The predicted molar refractivity (Wildman–Crippen MR) is 85.1 cm³/mol. The zero-order valence-electron chi connectivity index (χ0n) is 12.0. The topological polar surface area (TPSA) is 43.1 Å². The molecule has 1 aromatic rings. The molecule has 0 aliphatic carbocycles. The van der Waals surface area contributed by atoms with Crippen LogP contribution < -0.4 is 0 Å². The molecule has 0 radical (unpaired) electrons. The van der Waals surface area contributed by atoms with Crippen molar-refractivity contribution in [1.29, 1.82) is 0 Å². The van der Waals surface area contributed by atoms with Crippen molar-refractivity contribution in [1.82, 2.24) is 0 Å². The quantitative estimate of drug-likeness (QED) is 0.318. The maximum absolute atomic E-state index is 10.8. The van der Waals surface area contributed by atoms with Gasteiger partial charge in [0, 0.05) is 6.07 Å². The van der Waals surface area contributed by atoms with Gasteiger partial charge in [-0.2, -0.15) is 0 Å². The predicted octanol–water partition coefficient (Wildman–Crippen LogP) is 6.01. The molecule has 0 fully saturated rings. The summed E-state index contributed by atoms with van der Waals surface area (Å²) in [6, 6.07) is 4.89. The molecule has 0 unspecified atom stereocenters. The number of hydrogen-bond acceptors (Lipinski definition) is 2. The van der Waals surface area contributed by atoms with Crippen molar-refractivity contribution in [3.05, 3.63) is 45.0 Å². The van der Waals surface area contributed by atoms with Crippen molar-refractivity contribution in [2.45, 2.75) is 51.9 Å². The molecule has 0 aromatic heterocycles. The lowest BCUT2D eigenvalue weighted by atomic mass is 10.1. The maximum Gasteiger partial charge on any atom is 0.288 e.